The maximum absolute atomic E-state index is 12.8. The molecule has 0 bridgehead atoms. The van der Waals surface area contributed by atoms with Gasteiger partial charge in [0, 0.05) is 20.3 Å². The van der Waals surface area contributed by atoms with Gasteiger partial charge in [0.2, 0.25) is 0 Å². The van der Waals surface area contributed by atoms with Crippen LogP contribution in [0.15, 0.2) is 41.6 Å². The molecule has 2 rings (SSSR count). The highest BCUT2D eigenvalue weighted by molar-refractivity contribution is 7.92. The molecule has 0 fully saturated rings. The van der Waals surface area contributed by atoms with E-state index in [0.29, 0.717) is 11.4 Å². The van der Waals surface area contributed by atoms with E-state index in [0.717, 1.165) is 11.1 Å². The summed E-state index contributed by atoms with van der Waals surface area (Å²) >= 11 is 0. The molecular formula is C15H19N3O2S. The summed E-state index contributed by atoms with van der Waals surface area (Å²) in [5, 5.41) is 2.88. The first-order valence-corrected chi connectivity index (χ1v) is 8.00. The maximum atomic E-state index is 12.8. The SMILES string of the molecule is CNc1cccnc1S(=O)(=O)N(C)c1cc(C)cc(C)c1. The van der Waals surface area contributed by atoms with Crippen LogP contribution in [0.5, 0.6) is 0 Å². The Morgan fingerprint density at radius 3 is 2.33 bits per heavy atom. The molecule has 0 aliphatic heterocycles. The summed E-state index contributed by atoms with van der Waals surface area (Å²) in [7, 11) is -0.496. The van der Waals surface area contributed by atoms with Crippen molar-refractivity contribution in [1.82, 2.24) is 4.98 Å². The molecule has 0 spiro atoms. The fourth-order valence-electron chi connectivity index (χ4n) is 2.19. The van der Waals surface area contributed by atoms with Gasteiger partial charge in [-0.2, -0.15) is 8.42 Å². The lowest BCUT2D eigenvalue weighted by Crippen LogP contribution is -2.28. The van der Waals surface area contributed by atoms with Crippen molar-refractivity contribution >= 4 is 21.4 Å². The minimum atomic E-state index is -3.71. The molecule has 112 valence electrons. The Labute approximate surface area is 125 Å². The number of benzene rings is 1. The third-order valence-corrected chi connectivity index (χ3v) is 4.96. The first-order chi connectivity index (χ1) is 9.86. The molecule has 2 aromatic rings. The number of hydrogen-bond acceptors (Lipinski definition) is 4. The second-order valence-electron chi connectivity index (χ2n) is 4.92. The molecule has 21 heavy (non-hydrogen) atoms. The summed E-state index contributed by atoms with van der Waals surface area (Å²) < 4.78 is 26.8. The lowest BCUT2D eigenvalue weighted by molar-refractivity contribution is 0.591. The molecule has 1 aromatic heterocycles. The summed E-state index contributed by atoms with van der Waals surface area (Å²) in [6, 6.07) is 9.07. The van der Waals surface area contributed by atoms with Crippen LogP contribution in [0.2, 0.25) is 0 Å². The van der Waals surface area contributed by atoms with E-state index in [9.17, 15) is 8.42 Å². The zero-order valence-electron chi connectivity index (χ0n) is 12.6. The number of sulfonamides is 1. The summed E-state index contributed by atoms with van der Waals surface area (Å²) in [4.78, 5) is 4.02. The highest BCUT2D eigenvalue weighted by Crippen LogP contribution is 2.26. The summed E-state index contributed by atoms with van der Waals surface area (Å²) in [6.07, 6.45) is 1.48. The molecule has 0 unspecified atom stereocenters. The second kappa shape index (κ2) is 5.73. The Kier molecular flexibility index (Phi) is 4.18. The first kappa shape index (κ1) is 15.3. The van der Waals surface area contributed by atoms with Gasteiger partial charge in [-0.3, -0.25) is 4.31 Å². The number of nitrogens with zero attached hydrogens (tertiary/aromatic N) is 2. The van der Waals surface area contributed by atoms with E-state index >= 15 is 0 Å². The van der Waals surface area contributed by atoms with Crippen LogP contribution in [0.4, 0.5) is 11.4 Å². The second-order valence-corrected chi connectivity index (χ2v) is 6.81. The quantitative estimate of drug-likeness (QED) is 0.943. The Morgan fingerprint density at radius 1 is 1.14 bits per heavy atom. The number of nitrogens with one attached hydrogen (secondary N) is 1. The van der Waals surface area contributed by atoms with Gasteiger partial charge in [0.25, 0.3) is 10.0 Å². The van der Waals surface area contributed by atoms with Gasteiger partial charge in [-0.15, -0.1) is 0 Å². The van der Waals surface area contributed by atoms with E-state index in [1.165, 1.54) is 17.5 Å². The number of rotatable bonds is 4. The molecule has 0 aliphatic rings. The van der Waals surface area contributed by atoms with E-state index in [-0.39, 0.29) is 5.03 Å². The number of aromatic nitrogens is 1. The standard InChI is InChI=1S/C15H19N3O2S/c1-11-8-12(2)10-13(9-11)18(4)21(19,20)15-14(16-3)6-5-7-17-15/h5-10,16H,1-4H3. The van der Waals surface area contributed by atoms with Crippen molar-refractivity contribution in [2.75, 3.05) is 23.7 Å². The highest BCUT2D eigenvalue weighted by Gasteiger charge is 2.25. The van der Waals surface area contributed by atoms with E-state index in [4.69, 9.17) is 0 Å². The minimum Gasteiger partial charge on any atom is -0.386 e. The van der Waals surface area contributed by atoms with Crippen LogP contribution in [0, 0.1) is 13.8 Å². The molecule has 0 radical (unpaired) electrons. The molecule has 0 atom stereocenters. The fourth-order valence-corrected chi connectivity index (χ4v) is 3.47. The largest absolute Gasteiger partial charge is 0.386 e. The number of aryl methyl sites for hydroxylation is 2. The third-order valence-electron chi connectivity index (χ3n) is 3.22. The Hall–Kier alpha value is -2.08. The minimum absolute atomic E-state index is 0.0224. The van der Waals surface area contributed by atoms with Crippen LogP contribution < -0.4 is 9.62 Å². The zero-order valence-corrected chi connectivity index (χ0v) is 13.4. The van der Waals surface area contributed by atoms with Gasteiger partial charge in [-0.1, -0.05) is 6.07 Å². The molecule has 1 N–H and O–H groups in total. The average Bonchev–Trinajstić information content (AvgIpc) is 2.45. The number of anilines is 2. The first-order valence-electron chi connectivity index (χ1n) is 6.56. The van der Waals surface area contributed by atoms with Crippen molar-refractivity contribution in [1.29, 1.82) is 0 Å². The van der Waals surface area contributed by atoms with E-state index in [1.54, 1.807) is 19.2 Å². The van der Waals surface area contributed by atoms with Crippen LogP contribution >= 0.6 is 0 Å². The fraction of sp³-hybridized carbons (Fsp3) is 0.267. The normalized spacial score (nSPS) is 11.2. The van der Waals surface area contributed by atoms with Crippen LogP contribution in [0.1, 0.15) is 11.1 Å². The van der Waals surface area contributed by atoms with Crippen molar-refractivity contribution in [2.24, 2.45) is 0 Å². The Balaban J connectivity index is 2.52. The highest BCUT2D eigenvalue weighted by atomic mass is 32.2. The monoisotopic (exact) mass is 305 g/mol. The lowest BCUT2D eigenvalue weighted by Gasteiger charge is -2.21. The summed E-state index contributed by atoms with van der Waals surface area (Å²) in [5.41, 5.74) is 3.14. The smallest absolute Gasteiger partial charge is 0.283 e. The predicted molar refractivity (Wildman–Crippen MR) is 85.3 cm³/mol. The van der Waals surface area contributed by atoms with Crippen molar-refractivity contribution in [3.05, 3.63) is 47.7 Å². The van der Waals surface area contributed by atoms with Gasteiger partial charge in [-0.25, -0.2) is 4.98 Å². The third kappa shape index (κ3) is 3.00. The van der Waals surface area contributed by atoms with Gasteiger partial charge in [-0.05, 0) is 49.2 Å². The van der Waals surface area contributed by atoms with Crippen molar-refractivity contribution in [3.63, 3.8) is 0 Å². The van der Waals surface area contributed by atoms with Gasteiger partial charge in [0.05, 0.1) is 11.4 Å². The number of pyridine rings is 1. The van der Waals surface area contributed by atoms with Crippen LogP contribution in [0.3, 0.4) is 0 Å². The number of hydrogen-bond donors (Lipinski definition) is 1. The van der Waals surface area contributed by atoms with Crippen molar-refractivity contribution in [2.45, 2.75) is 18.9 Å². The average molecular weight is 305 g/mol. The van der Waals surface area contributed by atoms with Crippen LogP contribution in [0.25, 0.3) is 0 Å². The summed E-state index contributed by atoms with van der Waals surface area (Å²) in [6.45, 7) is 3.88. The van der Waals surface area contributed by atoms with Crippen molar-refractivity contribution < 1.29 is 8.42 Å². The molecule has 6 heteroatoms. The lowest BCUT2D eigenvalue weighted by atomic mass is 10.1. The molecule has 5 nitrogen and oxygen atoms in total. The summed E-state index contributed by atoms with van der Waals surface area (Å²) in [5.74, 6) is 0. The van der Waals surface area contributed by atoms with E-state index in [2.05, 4.69) is 10.3 Å². The van der Waals surface area contributed by atoms with Gasteiger partial charge in [0.15, 0.2) is 5.03 Å². The van der Waals surface area contributed by atoms with Gasteiger partial charge in [0.1, 0.15) is 0 Å². The maximum Gasteiger partial charge on any atom is 0.283 e. The molecule has 1 aromatic carbocycles. The van der Waals surface area contributed by atoms with E-state index in [1.807, 2.05) is 32.0 Å². The van der Waals surface area contributed by atoms with Crippen molar-refractivity contribution in [3.8, 4) is 0 Å². The van der Waals surface area contributed by atoms with Gasteiger partial charge < -0.3 is 5.32 Å². The topological polar surface area (TPSA) is 62.3 Å². The van der Waals surface area contributed by atoms with Gasteiger partial charge >= 0.3 is 0 Å². The Morgan fingerprint density at radius 2 is 1.76 bits per heavy atom. The molecule has 0 amide bonds. The molecule has 0 saturated carbocycles. The zero-order chi connectivity index (χ0) is 15.6. The molecular weight excluding hydrogens is 286 g/mol. The van der Waals surface area contributed by atoms with Crippen LogP contribution in [-0.2, 0) is 10.0 Å². The predicted octanol–water partition coefficient (Wildman–Crippen LogP) is 2.57. The molecule has 0 saturated heterocycles. The molecule has 0 aliphatic carbocycles. The molecule has 1 heterocycles. The van der Waals surface area contributed by atoms with Crippen LogP contribution in [-0.4, -0.2) is 27.5 Å². The Bertz CT molecular complexity index is 737. The van der Waals surface area contributed by atoms with E-state index < -0.39 is 10.0 Å².